The second-order valence-electron chi connectivity index (χ2n) is 4.81. The largest absolute Gasteiger partial charge is 0.455 e. The molecule has 0 saturated carbocycles. The molecule has 1 N–H and O–H groups in total. The summed E-state index contributed by atoms with van der Waals surface area (Å²) in [6.07, 6.45) is 2.50. The predicted molar refractivity (Wildman–Crippen MR) is 74.1 cm³/mol. The van der Waals surface area contributed by atoms with E-state index in [9.17, 15) is 13.2 Å². The van der Waals surface area contributed by atoms with Gasteiger partial charge in [-0.25, -0.2) is 8.42 Å². The van der Waals surface area contributed by atoms with E-state index in [4.69, 9.17) is 4.74 Å². The molecule has 0 atom stereocenters. The Morgan fingerprint density at radius 1 is 1.10 bits per heavy atom. The number of hydrogen-bond acceptors (Lipinski definition) is 4. The van der Waals surface area contributed by atoms with Crippen LogP contribution in [0.1, 0.15) is 11.3 Å². The van der Waals surface area contributed by atoms with Crippen molar-refractivity contribution in [2.45, 2.75) is 17.7 Å². The van der Waals surface area contributed by atoms with Crippen LogP contribution >= 0.6 is 0 Å². The normalized spacial score (nSPS) is 13.8. The topological polar surface area (TPSA) is 76.2 Å². The van der Waals surface area contributed by atoms with Crippen molar-refractivity contribution in [1.29, 1.82) is 0 Å². The summed E-state index contributed by atoms with van der Waals surface area (Å²) in [5.74, 6) is 1.09. The molecule has 1 aromatic carbocycles. The highest BCUT2D eigenvalue weighted by Crippen LogP contribution is 2.33. The molecule has 1 aliphatic rings. The fourth-order valence-corrected chi connectivity index (χ4v) is 2.87. The number of nitrogens with one attached hydrogen (secondary N) is 1. The summed E-state index contributed by atoms with van der Waals surface area (Å²) < 4.78 is 28.9. The van der Waals surface area contributed by atoms with Crippen molar-refractivity contribution in [1.82, 2.24) is 4.98 Å². The maximum Gasteiger partial charge on any atom is 0.248 e. The molecule has 2 heterocycles. The van der Waals surface area contributed by atoms with Crippen LogP contribution in [0.4, 0.5) is 0 Å². The summed E-state index contributed by atoms with van der Waals surface area (Å²) in [7, 11) is -3.27. The maximum atomic E-state index is 11.6. The Labute approximate surface area is 116 Å². The fourth-order valence-electron chi connectivity index (χ4n) is 2.23. The highest BCUT2D eigenvalue weighted by atomic mass is 32.2. The van der Waals surface area contributed by atoms with E-state index in [0.717, 1.165) is 17.5 Å². The van der Waals surface area contributed by atoms with Gasteiger partial charge in [0.05, 0.1) is 10.6 Å². The molecule has 0 bridgehead atoms. The smallest absolute Gasteiger partial charge is 0.248 e. The summed E-state index contributed by atoms with van der Waals surface area (Å²) in [6.45, 7) is 0. The molecule has 104 valence electrons. The van der Waals surface area contributed by atoms with Crippen molar-refractivity contribution in [2.75, 3.05) is 6.26 Å². The van der Waals surface area contributed by atoms with Crippen LogP contribution < -0.4 is 10.3 Å². The predicted octanol–water partition coefficient (Wildman–Crippen LogP) is 1.67. The number of fused-ring (bicyclic) bond motifs is 2. The minimum atomic E-state index is -3.27. The van der Waals surface area contributed by atoms with E-state index in [-0.39, 0.29) is 10.5 Å². The Morgan fingerprint density at radius 3 is 2.65 bits per heavy atom. The SMILES string of the molecule is CS(=O)(=O)c1ccc2c(c1)Oc1ccc(=O)[nH]c1CC2. The highest BCUT2D eigenvalue weighted by molar-refractivity contribution is 7.90. The van der Waals surface area contributed by atoms with Gasteiger partial charge in [0.2, 0.25) is 5.56 Å². The van der Waals surface area contributed by atoms with Crippen molar-refractivity contribution in [3.05, 3.63) is 51.9 Å². The number of aryl methyl sites for hydroxylation is 2. The minimum Gasteiger partial charge on any atom is -0.455 e. The van der Waals surface area contributed by atoms with Gasteiger partial charge >= 0.3 is 0 Å². The van der Waals surface area contributed by atoms with Gasteiger partial charge in [0.15, 0.2) is 9.84 Å². The molecule has 0 unspecified atom stereocenters. The average Bonchev–Trinajstić information content (AvgIpc) is 2.55. The van der Waals surface area contributed by atoms with Gasteiger partial charge in [-0.2, -0.15) is 0 Å². The Morgan fingerprint density at radius 2 is 1.90 bits per heavy atom. The number of pyridine rings is 1. The van der Waals surface area contributed by atoms with Crippen LogP contribution in [0.2, 0.25) is 0 Å². The van der Waals surface area contributed by atoms with E-state index in [2.05, 4.69) is 4.98 Å². The van der Waals surface area contributed by atoms with Gasteiger partial charge in [-0.05, 0) is 36.6 Å². The van der Waals surface area contributed by atoms with Crippen molar-refractivity contribution in [3.63, 3.8) is 0 Å². The number of aromatic amines is 1. The maximum absolute atomic E-state index is 11.6. The number of ether oxygens (including phenoxy) is 1. The van der Waals surface area contributed by atoms with Gasteiger partial charge in [0, 0.05) is 12.3 Å². The summed E-state index contributed by atoms with van der Waals surface area (Å²) >= 11 is 0. The lowest BCUT2D eigenvalue weighted by molar-refractivity contribution is 0.474. The van der Waals surface area contributed by atoms with Gasteiger partial charge in [-0.3, -0.25) is 4.79 Å². The van der Waals surface area contributed by atoms with Crippen LogP contribution in [0.25, 0.3) is 0 Å². The molecule has 3 rings (SSSR count). The number of rotatable bonds is 1. The highest BCUT2D eigenvalue weighted by Gasteiger charge is 2.18. The number of hydrogen-bond donors (Lipinski definition) is 1. The van der Waals surface area contributed by atoms with E-state index >= 15 is 0 Å². The van der Waals surface area contributed by atoms with Gasteiger partial charge < -0.3 is 9.72 Å². The molecule has 5 nitrogen and oxygen atoms in total. The van der Waals surface area contributed by atoms with Crippen molar-refractivity contribution < 1.29 is 13.2 Å². The molecule has 0 fully saturated rings. The Hall–Kier alpha value is -2.08. The molecule has 0 aliphatic carbocycles. The molecule has 2 aromatic rings. The van der Waals surface area contributed by atoms with Crippen LogP contribution in [0.5, 0.6) is 11.5 Å². The summed E-state index contributed by atoms with van der Waals surface area (Å²) in [5, 5.41) is 0. The first-order chi connectivity index (χ1) is 9.43. The van der Waals surface area contributed by atoms with E-state index in [1.54, 1.807) is 18.2 Å². The quantitative estimate of drug-likeness (QED) is 0.867. The Balaban J connectivity index is 2.11. The first kappa shape index (κ1) is 12.9. The number of benzene rings is 1. The molecule has 0 saturated heterocycles. The van der Waals surface area contributed by atoms with Crippen LogP contribution in [0, 0.1) is 0 Å². The van der Waals surface area contributed by atoms with Crippen molar-refractivity contribution in [2.24, 2.45) is 0 Å². The third kappa shape index (κ3) is 2.34. The van der Waals surface area contributed by atoms with Crippen molar-refractivity contribution in [3.8, 4) is 11.5 Å². The number of H-pyrrole nitrogens is 1. The third-order valence-electron chi connectivity index (χ3n) is 3.29. The standard InChI is InChI=1S/C14H13NO4S/c1-20(17,18)10-4-2-9-3-5-11-12(19-13(9)8-10)6-7-14(16)15-11/h2,4,6-8H,3,5H2,1H3,(H,15,16). The summed E-state index contributed by atoms with van der Waals surface area (Å²) in [5.41, 5.74) is 1.49. The molecule has 0 radical (unpaired) electrons. The van der Waals surface area contributed by atoms with E-state index in [1.807, 2.05) is 0 Å². The fraction of sp³-hybridized carbons (Fsp3) is 0.214. The van der Waals surface area contributed by atoms with E-state index < -0.39 is 9.84 Å². The molecule has 0 amide bonds. The zero-order valence-electron chi connectivity index (χ0n) is 10.8. The lowest BCUT2D eigenvalue weighted by Gasteiger charge is -2.09. The number of sulfone groups is 1. The number of aromatic nitrogens is 1. The Bertz CT molecular complexity index is 836. The second-order valence-corrected chi connectivity index (χ2v) is 6.82. The van der Waals surface area contributed by atoms with Gasteiger partial charge in [0.25, 0.3) is 0 Å². The third-order valence-corrected chi connectivity index (χ3v) is 4.40. The zero-order valence-corrected chi connectivity index (χ0v) is 11.7. The van der Waals surface area contributed by atoms with Crippen LogP contribution in [-0.2, 0) is 22.7 Å². The summed E-state index contributed by atoms with van der Waals surface area (Å²) in [4.78, 5) is 14.3. The van der Waals surface area contributed by atoms with Crippen molar-refractivity contribution >= 4 is 9.84 Å². The van der Waals surface area contributed by atoms with Gasteiger partial charge in [-0.1, -0.05) is 6.07 Å². The lowest BCUT2D eigenvalue weighted by Crippen LogP contribution is -2.07. The van der Waals surface area contributed by atoms with E-state index in [0.29, 0.717) is 24.3 Å². The molecular formula is C14H13NO4S. The molecule has 0 spiro atoms. The van der Waals surface area contributed by atoms with Gasteiger partial charge in [-0.15, -0.1) is 0 Å². The molecule has 6 heteroatoms. The molecule has 1 aliphatic heterocycles. The molecular weight excluding hydrogens is 278 g/mol. The second kappa shape index (κ2) is 4.49. The van der Waals surface area contributed by atoms with Crippen LogP contribution in [0.3, 0.4) is 0 Å². The van der Waals surface area contributed by atoms with Gasteiger partial charge in [0.1, 0.15) is 11.5 Å². The monoisotopic (exact) mass is 291 g/mol. The zero-order chi connectivity index (χ0) is 14.3. The first-order valence-corrected chi connectivity index (χ1v) is 8.06. The minimum absolute atomic E-state index is 0.171. The molecule has 1 aromatic heterocycles. The molecule has 20 heavy (non-hydrogen) atoms. The Kier molecular flexibility index (Phi) is 2.90. The van der Waals surface area contributed by atoms with Crippen LogP contribution in [-0.4, -0.2) is 19.7 Å². The summed E-state index contributed by atoms with van der Waals surface area (Å²) in [6, 6.07) is 7.87. The average molecular weight is 291 g/mol. The van der Waals surface area contributed by atoms with E-state index in [1.165, 1.54) is 12.1 Å². The van der Waals surface area contributed by atoms with Crippen LogP contribution in [0.15, 0.2) is 40.0 Å². The first-order valence-electron chi connectivity index (χ1n) is 6.16. The lowest BCUT2D eigenvalue weighted by atomic mass is 10.1.